The van der Waals surface area contributed by atoms with E-state index in [0.29, 0.717) is 18.0 Å². The highest BCUT2D eigenvalue weighted by Crippen LogP contribution is 2.20. The van der Waals surface area contributed by atoms with Crippen molar-refractivity contribution in [1.29, 1.82) is 0 Å². The second-order valence-corrected chi connectivity index (χ2v) is 6.81. The first-order chi connectivity index (χ1) is 12.8. The summed E-state index contributed by atoms with van der Waals surface area (Å²) in [6.45, 7) is -0.583. The van der Waals surface area contributed by atoms with E-state index in [2.05, 4.69) is 5.32 Å². The van der Waals surface area contributed by atoms with Gasteiger partial charge < -0.3 is 20.7 Å². The van der Waals surface area contributed by atoms with Crippen molar-refractivity contribution in [2.24, 2.45) is 5.73 Å². The molecular formula is C17H19Cl2N3O5. The predicted molar refractivity (Wildman–Crippen MR) is 98.3 cm³/mol. The lowest BCUT2D eigenvalue weighted by atomic mass is 10.0. The van der Waals surface area contributed by atoms with Crippen molar-refractivity contribution in [2.45, 2.75) is 25.3 Å². The minimum absolute atomic E-state index is 0.145. The number of primary amides is 1. The van der Waals surface area contributed by atoms with Gasteiger partial charge in [0.1, 0.15) is 12.6 Å². The molecule has 1 aliphatic rings. The number of esters is 1. The van der Waals surface area contributed by atoms with Gasteiger partial charge in [0.15, 0.2) is 6.61 Å². The Morgan fingerprint density at radius 2 is 1.96 bits per heavy atom. The Morgan fingerprint density at radius 1 is 1.22 bits per heavy atom. The minimum atomic E-state index is -0.797. The van der Waals surface area contributed by atoms with E-state index in [-0.39, 0.29) is 10.6 Å². The maximum absolute atomic E-state index is 12.2. The number of hydrogen-bond acceptors (Lipinski definition) is 5. The number of carbonyl (C=O) groups excluding carboxylic acids is 4. The van der Waals surface area contributed by atoms with Gasteiger partial charge in [0.25, 0.3) is 11.8 Å². The fraction of sp³-hybridized carbons (Fsp3) is 0.412. The van der Waals surface area contributed by atoms with E-state index in [1.165, 1.54) is 23.1 Å². The zero-order valence-electron chi connectivity index (χ0n) is 14.4. The average Bonchev–Trinajstić information content (AvgIpc) is 2.64. The van der Waals surface area contributed by atoms with Crippen LogP contribution in [-0.2, 0) is 19.1 Å². The summed E-state index contributed by atoms with van der Waals surface area (Å²) < 4.78 is 4.87. The van der Waals surface area contributed by atoms with Crippen LogP contribution in [0.3, 0.4) is 0 Å². The first-order valence-corrected chi connectivity index (χ1v) is 9.03. The molecule has 3 amide bonds. The first-order valence-electron chi connectivity index (χ1n) is 8.27. The number of benzene rings is 1. The smallest absolute Gasteiger partial charge is 0.325 e. The fourth-order valence-electron chi connectivity index (χ4n) is 2.72. The third kappa shape index (κ3) is 5.83. The van der Waals surface area contributed by atoms with Crippen LogP contribution in [0.4, 0.5) is 0 Å². The van der Waals surface area contributed by atoms with Crippen molar-refractivity contribution >= 4 is 46.9 Å². The van der Waals surface area contributed by atoms with Crippen LogP contribution < -0.4 is 11.1 Å². The Hall–Kier alpha value is -2.32. The standard InChI is InChI=1S/C17H19Cl2N3O5/c18-10-4-5-11(12(19)7-10)17(26)21-8-15(24)27-9-14(23)22-6-2-1-3-13(22)16(20)25/h4-5,7,13H,1-3,6,8-9H2,(H2,20,25)(H,21,26)/t13-/m1/s1. The molecular weight excluding hydrogens is 397 g/mol. The molecule has 0 bridgehead atoms. The molecule has 1 atom stereocenters. The van der Waals surface area contributed by atoms with Gasteiger partial charge >= 0.3 is 5.97 Å². The fourth-order valence-corrected chi connectivity index (χ4v) is 3.22. The maximum Gasteiger partial charge on any atom is 0.325 e. The first kappa shape index (κ1) is 21.0. The Labute approximate surface area is 165 Å². The number of rotatable bonds is 6. The van der Waals surface area contributed by atoms with Crippen LogP contribution in [0, 0.1) is 0 Å². The van der Waals surface area contributed by atoms with Crippen LogP contribution in [0.15, 0.2) is 18.2 Å². The van der Waals surface area contributed by atoms with E-state index >= 15 is 0 Å². The van der Waals surface area contributed by atoms with Crippen LogP contribution in [0.2, 0.25) is 10.0 Å². The van der Waals surface area contributed by atoms with Crippen molar-refractivity contribution in [1.82, 2.24) is 10.2 Å². The molecule has 0 unspecified atom stereocenters. The van der Waals surface area contributed by atoms with Gasteiger partial charge in [-0.25, -0.2) is 0 Å². The van der Waals surface area contributed by atoms with Gasteiger partial charge in [0.05, 0.1) is 10.6 Å². The quantitative estimate of drug-likeness (QED) is 0.674. The summed E-state index contributed by atoms with van der Waals surface area (Å²) in [5.74, 6) is -2.46. The van der Waals surface area contributed by atoms with Gasteiger partial charge in [-0.1, -0.05) is 23.2 Å². The van der Waals surface area contributed by atoms with E-state index in [4.69, 9.17) is 33.7 Å². The van der Waals surface area contributed by atoms with Crippen LogP contribution in [0.1, 0.15) is 29.6 Å². The van der Waals surface area contributed by atoms with Crippen LogP contribution in [0.25, 0.3) is 0 Å². The molecule has 0 saturated carbocycles. The molecule has 0 aromatic heterocycles. The maximum atomic E-state index is 12.2. The van der Waals surface area contributed by atoms with Gasteiger partial charge in [0, 0.05) is 11.6 Å². The second-order valence-electron chi connectivity index (χ2n) is 5.97. The number of likely N-dealkylation sites (tertiary alicyclic amines) is 1. The van der Waals surface area contributed by atoms with Crippen molar-refractivity contribution in [3.63, 3.8) is 0 Å². The molecule has 8 nitrogen and oxygen atoms in total. The van der Waals surface area contributed by atoms with E-state index in [1.54, 1.807) is 0 Å². The molecule has 1 saturated heterocycles. The zero-order chi connectivity index (χ0) is 20.0. The highest BCUT2D eigenvalue weighted by atomic mass is 35.5. The molecule has 1 aromatic carbocycles. The van der Waals surface area contributed by atoms with Crippen LogP contribution in [0.5, 0.6) is 0 Å². The molecule has 0 radical (unpaired) electrons. The number of nitrogens with one attached hydrogen (secondary N) is 1. The van der Waals surface area contributed by atoms with Crippen molar-refractivity contribution in [2.75, 3.05) is 19.7 Å². The van der Waals surface area contributed by atoms with Gasteiger partial charge in [0.2, 0.25) is 5.91 Å². The number of hydrogen-bond donors (Lipinski definition) is 2. The van der Waals surface area contributed by atoms with Gasteiger partial charge in [-0.05, 0) is 37.5 Å². The summed E-state index contributed by atoms with van der Waals surface area (Å²) in [6, 6.07) is 3.64. The van der Waals surface area contributed by atoms with Gasteiger partial charge in [-0.15, -0.1) is 0 Å². The van der Waals surface area contributed by atoms with Gasteiger partial charge in [-0.2, -0.15) is 0 Å². The summed E-state index contributed by atoms with van der Waals surface area (Å²) >= 11 is 11.7. The molecule has 1 aromatic rings. The molecule has 1 fully saturated rings. The van der Waals surface area contributed by atoms with Crippen molar-refractivity contribution in [3.05, 3.63) is 33.8 Å². The van der Waals surface area contributed by atoms with Crippen molar-refractivity contribution in [3.8, 4) is 0 Å². The number of piperidine rings is 1. The summed E-state index contributed by atoms with van der Waals surface area (Å²) in [5, 5.41) is 2.87. The Morgan fingerprint density at radius 3 is 2.63 bits per heavy atom. The largest absolute Gasteiger partial charge is 0.454 e. The number of ether oxygens (including phenoxy) is 1. The Bertz CT molecular complexity index is 756. The van der Waals surface area contributed by atoms with Crippen molar-refractivity contribution < 1.29 is 23.9 Å². The van der Waals surface area contributed by atoms with E-state index in [0.717, 1.165) is 12.8 Å². The topological polar surface area (TPSA) is 119 Å². The second kappa shape index (κ2) is 9.57. The minimum Gasteiger partial charge on any atom is -0.454 e. The SMILES string of the molecule is NC(=O)[C@H]1CCCCN1C(=O)COC(=O)CNC(=O)c1ccc(Cl)cc1Cl. The molecule has 10 heteroatoms. The lowest BCUT2D eigenvalue weighted by Gasteiger charge is -2.33. The van der Waals surface area contributed by atoms with Crippen LogP contribution >= 0.6 is 23.2 Å². The summed E-state index contributed by atoms with van der Waals surface area (Å²) in [5.41, 5.74) is 5.46. The summed E-state index contributed by atoms with van der Waals surface area (Å²) in [6.07, 6.45) is 2.05. The van der Waals surface area contributed by atoms with E-state index in [1.807, 2.05) is 0 Å². The number of nitrogens with zero attached hydrogens (tertiary/aromatic N) is 1. The molecule has 146 valence electrons. The third-order valence-corrected chi connectivity index (χ3v) is 4.63. The number of nitrogens with two attached hydrogens (primary N) is 1. The molecule has 1 heterocycles. The average molecular weight is 416 g/mol. The normalized spacial score (nSPS) is 16.5. The Balaban J connectivity index is 1.81. The Kier molecular flexibility index (Phi) is 7.44. The number of amides is 3. The van der Waals surface area contributed by atoms with E-state index < -0.39 is 42.9 Å². The third-order valence-electron chi connectivity index (χ3n) is 4.08. The molecule has 0 aliphatic carbocycles. The lowest BCUT2D eigenvalue weighted by molar-refractivity contribution is -0.154. The molecule has 2 rings (SSSR count). The monoisotopic (exact) mass is 415 g/mol. The van der Waals surface area contributed by atoms with Gasteiger partial charge in [-0.3, -0.25) is 19.2 Å². The highest BCUT2D eigenvalue weighted by Gasteiger charge is 2.31. The number of carbonyl (C=O) groups is 4. The summed E-state index contributed by atoms with van der Waals surface area (Å²) in [7, 11) is 0. The van der Waals surface area contributed by atoms with Crippen LogP contribution in [-0.4, -0.2) is 54.3 Å². The molecule has 1 aliphatic heterocycles. The molecule has 3 N–H and O–H groups in total. The highest BCUT2D eigenvalue weighted by molar-refractivity contribution is 6.36. The predicted octanol–water partition coefficient (Wildman–Crippen LogP) is 1.13. The number of halogens is 2. The zero-order valence-corrected chi connectivity index (χ0v) is 15.9. The molecule has 27 heavy (non-hydrogen) atoms. The van der Waals surface area contributed by atoms with E-state index in [9.17, 15) is 19.2 Å². The summed E-state index contributed by atoms with van der Waals surface area (Å²) in [4.78, 5) is 48.7. The lowest BCUT2D eigenvalue weighted by Crippen LogP contribution is -2.51. The molecule has 0 spiro atoms.